The topological polar surface area (TPSA) is 17.1 Å². The summed E-state index contributed by atoms with van der Waals surface area (Å²) in [4.78, 5) is 12.3. The second-order valence-electron chi connectivity index (χ2n) is 7.54. The summed E-state index contributed by atoms with van der Waals surface area (Å²) in [5.41, 5.74) is 0. The van der Waals surface area contributed by atoms with Gasteiger partial charge < -0.3 is 56.9 Å². The summed E-state index contributed by atoms with van der Waals surface area (Å²) in [6, 6.07) is 1.16. The van der Waals surface area contributed by atoms with Crippen molar-refractivity contribution < 1.29 is 61.7 Å². The molecule has 0 aromatic rings. The zero-order chi connectivity index (χ0) is 13.4. The number of Topliss-reactive ketones (excluding diaryl/α,β-unsaturated/α-hetero) is 1. The summed E-state index contributed by atoms with van der Waals surface area (Å²) >= 11 is 0. The van der Waals surface area contributed by atoms with E-state index in [4.69, 9.17) is 0 Å². The fourth-order valence-electron chi connectivity index (χ4n) is 3.84. The third-order valence-corrected chi connectivity index (χ3v) is 5.45. The number of ketones is 1. The predicted octanol–water partition coefficient (Wildman–Crippen LogP) is -4.18. The molecule has 0 N–H and O–H groups in total. The highest BCUT2D eigenvalue weighted by Gasteiger charge is 2.39. The van der Waals surface area contributed by atoms with Crippen molar-refractivity contribution in [3.63, 3.8) is 0 Å². The first-order chi connectivity index (χ1) is 8.31. The van der Waals surface area contributed by atoms with E-state index >= 15 is 0 Å². The minimum atomic E-state index is 0. The summed E-state index contributed by atoms with van der Waals surface area (Å²) in [5, 5.41) is 0. The number of hydrogen-bond acceptors (Lipinski definition) is 1. The van der Waals surface area contributed by atoms with Crippen molar-refractivity contribution in [3.8, 4) is 0 Å². The van der Waals surface area contributed by atoms with E-state index in [1.54, 1.807) is 0 Å². The first-order valence-corrected chi connectivity index (χ1v) is 7.48. The van der Waals surface area contributed by atoms with E-state index in [0.29, 0.717) is 17.9 Å². The monoisotopic (exact) mass is 508 g/mol. The van der Waals surface area contributed by atoms with Crippen LogP contribution in [0.5, 0.6) is 0 Å². The fourth-order valence-corrected chi connectivity index (χ4v) is 3.84. The van der Waals surface area contributed by atoms with E-state index in [1.165, 1.54) is 38.8 Å². The van der Waals surface area contributed by atoms with E-state index in [-0.39, 0.29) is 48.0 Å². The lowest BCUT2D eigenvalue weighted by Gasteiger charge is -2.33. The van der Waals surface area contributed by atoms with Gasteiger partial charge in [0.1, 0.15) is 5.78 Å². The van der Waals surface area contributed by atoms with Crippen molar-refractivity contribution in [3.05, 3.63) is 0 Å². The van der Waals surface area contributed by atoms with Crippen LogP contribution in [-0.2, 0) is 4.79 Å². The van der Waals surface area contributed by atoms with Crippen LogP contribution in [0, 0.1) is 0 Å². The Morgan fingerprint density at radius 1 is 0.850 bits per heavy atom. The first-order valence-electron chi connectivity index (χ1n) is 7.48. The number of carbonyl (C=O) groups excluding carboxylic acids is 1. The minimum Gasteiger partial charge on any atom is -1.00 e. The molecule has 2 rings (SSSR count). The predicted molar refractivity (Wildman–Crippen MR) is 74.2 cm³/mol. The van der Waals surface area contributed by atoms with Crippen LogP contribution in [0.3, 0.4) is 0 Å². The van der Waals surface area contributed by atoms with E-state index < -0.39 is 0 Å². The normalized spacial score (nSPS) is 30.4. The lowest BCUT2D eigenvalue weighted by molar-refractivity contribution is -0.902. The number of carbonyl (C=O) groups is 1. The zero-order valence-electron chi connectivity index (χ0n) is 13.4. The molecule has 0 amide bonds. The minimum absolute atomic E-state index is 0. The number of quaternary nitrogens is 2. The van der Waals surface area contributed by atoms with Crippen LogP contribution in [0.4, 0.5) is 0 Å². The van der Waals surface area contributed by atoms with Gasteiger partial charge in [-0.05, 0) is 0 Å². The van der Waals surface area contributed by atoms with Gasteiger partial charge in [-0.2, -0.15) is 0 Å². The van der Waals surface area contributed by atoms with E-state index in [9.17, 15) is 4.79 Å². The van der Waals surface area contributed by atoms with Crippen LogP contribution in [0.15, 0.2) is 0 Å². The van der Waals surface area contributed by atoms with Gasteiger partial charge in [-0.15, -0.1) is 0 Å². The SMILES string of the molecule is C[N+]1(C)CCCC1CC(=O)CC1CCC[N+]1(C)C.[I-].[I-]. The number of halogens is 2. The molecule has 2 aliphatic rings. The van der Waals surface area contributed by atoms with Crippen LogP contribution in [-0.4, -0.2) is 68.1 Å². The number of nitrogens with zero attached hydrogens (tertiary/aromatic N) is 2. The molecule has 0 aromatic carbocycles. The number of likely N-dealkylation sites (tertiary alicyclic amines) is 2. The lowest BCUT2D eigenvalue weighted by Crippen LogP contribution is -3.00. The highest BCUT2D eigenvalue weighted by Crippen LogP contribution is 2.28. The molecular weight excluding hydrogens is 478 g/mol. The molecule has 0 saturated carbocycles. The Morgan fingerprint density at radius 2 is 1.20 bits per heavy atom. The van der Waals surface area contributed by atoms with Crippen molar-refractivity contribution in [2.45, 2.75) is 50.6 Å². The van der Waals surface area contributed by atoms with E-state index in [1.807, 2.05) is 0 Å². The Labute approximate surface area is 158 Å². The van der Waals surface area contributed by atoms with Crippen LogP contribution < -0.4 is 48.0 Å². The van der Waals surface area contributed by atoms with Crippen molar-refractivity contribution in [1.82, 2.24) is 0 Å². The fraction of sp³-hybridized carbons (Fsp3) is 0.933. The molecule has 0 aliphatic carbocycles. The van der Waals surface area contributed by atoms with Crippen molar-refractivity contribution in [2.24, 2.45) is 0 Å². The van der Waals surface area contributed by atoms with Gasteiger partial charge in [0.25, 0.3) is 0 Å². The lowest BCUT2D eigenvalue weighted by atomic mass is 10.00. The quantitative estimate of drug-likeness (QED) is 0.279. The Balaban J connectivity index is 0.00000180. The van der Waals surface area contributed by atoms with Gasteiger partial charge in [0.15, 0.2) is 0 Å². The van der Waals surface area contributed by atoms with Crippen molar-refractivity contribution in [2.75, 3.05) is 41.3 Å². The maximum atomic E-state index is 12.3. The van der Waals surface area contributed by atoms with E-state index in [0.717, 1.165) is 21.8 Å². The second-order valence-corrected chi connectivity index (χ2v) is 7.54. The van der Waals surface area contributed by atoms with E-state index in [2.05, 4.69) is 28.2 Å². The first kappa shape index (κ1) is 21.0. The second kappa shape index (κ2) is 8.06. The Hall–Kier alpha value is 1.05. The average molecular weight is 508 g/mol. The Kier molecular flexibility index (Phi) is 8.48. The molecule has 2 unspecified atom stereocenters. The van der Waals surface area contributed by atoms with Crippen molar-refractivity contribution in [1.29, 1.82) is 0 Å². The third kappa shape index (κ3) is 5.05. The van der Waals surface area contributed by atoms with Crippen LogP contribution in [0.2, 0.25) is 0 Å². The maximum absolute atomic E-state index is 12.3. The molecule has 0 spiro atoms. The van der Waals surface area contributed by atoms with Gasteiger partial charge in [-0.1, -0.05) is 0 Å². The molecular formula is C15H30I2N2O. The molecule has 3 nitrogen and oxygen atoms in total. The van der Waals surface area contributed by atoms with Gasteiger partial charge in [-0.25, -0.2) is 0 Å². The third-order valence-electron chi connectivity index (χ3n) is 5.45. The molecule has 120 valence electrons. The summed E-state index contributed by atoms with van der Waals surface area (Å²) in [6.45, 7) is 2.48. The standard InChI is InChI=1S/C15H30N2O.2HI/c1-16(2)9-5-7-13(16)11-15(18)12-14-8-6-10-17(14,3)4;;/h13-14H,5-12H2,1-4H3;2*1H/q+2;;/p-2. The summed E-state index contributed by atoms with van der Waals surface area (Å²) in [5.74, 6) is 0.506. The average Bonchev–Trinajstić information content (AvgIpc) is 2.72. The molecule has 2 heterocycles. The molecule has 2 saturated heterocycles. The molecule has 2 atom stereocenters. The maximum Gasteiger partial charge on any atom is 0.144 e. The molecule has 0 bridgehead atoms. The van der Waals surface area contributed by atoms with Crippen LogP contribution in [0.1, 0.15) is 38.5 Å². The summed E-state index contributed by atoms with van der Waals surface area (Å²) < 4.78 is 2.10. The summed E-state index contributed by atoms with van der Waals surface area (Å²) in [6.07, 6.45) is 6.67. The van der Waals surface area contributed by atoms with Gasteiger partial charge in [0, 0.05) is 25.7 Å². The molecule has 20 heavy (non-hydrogen) atoms. The highest BCUT2D eigenvalue weighted by molar-refractivity contribution is 5.79. The molecule has 2 aliphatic heterocycles. The number of hydrogen-bond donors (Lipinski definition) is 0. The van der Waals surface area contributed by atoms with Crippen molar-refractivity contribution >= 4 is 5.78 Å². The molecule has 2 fully saturated rings. The highest BCUT2D eigenvalue weighted by atomic mass is 127. The largest absolute Gasteiger partial charge is 1.00 e. The van der Waals surface area contributed by atoms with Gasteiger partial charge in [-0.3, -0.25) is 4.79 Å². The molecule has 5 heteroatoms. The van der Waals surface area contributed by atoms with Gasteiger partial charge >= 0.3 is 0 Å². The van der Waals surface area contributed by atoms with Crippen LogP contribution >= 0.6 is 0 Å². The number of rotatable bonds is 4. The Morgan fingerprint density at radius 3 is 1.45 bits per heavy atom. The zero-order valence-corrected chi connectivity index (χ0v) is 17.7. The molecule has 0 radical (unpaired) electrons. The summed E-state index contributed by atoms with van der Waals surface area (Å²) in [7, 11) is 9.11. The van der Waals surface area contributed by atoms with Gasteiger partial charge in [0.2, 0.25) is 0 Å². The molecule has 0 aromatic heterocycles. The smallest absolute Gasteiger partial charge is 0.144 e. The Bertz CT molecular complexity index is 302. The van der Waals surface area contributed by atoms with Crippen LogP contribution in [0.25, 0.3) is 0 Å². The van der Waals surface area contributed by atoms with Gasteiger partial charge in [0.05, 0.1) is 66.2 Å².